The van der Waals surface area contributed by atoms with Crippen molar-refractivity contribution in [3.63, 3.8) is 0 Å². The molecular weight excluding hydrogens is 358 g/mol. The number of nitrogens with zero attached hydrogens (tertiary/aromatic N) is 4. The van der Waals surface area contributed by atoms with Crippen LogP contribution in [-0.2, 0) is 0 Å². The van der Waals surface area contributed by atoms with Gasteiger partial charge in [0.2, 0.25) is 5.88 Å². The monoisotopic (exact) mass is 375 g/mol. The summed E-state index contributed by atoms with van der Waals surface area (Å²) in [6.45, 7) is 0. The Kier molecular flexibility index (Phi) is 4.41. The van der Waals surface area contributed by atoms with Gasteiger partial charge in [0.1, 0.15) is 5.75 Å². The molecule has 0 unspecified atom stereocenters. The minimum Gasteiger partial charge on any atom is -0.496 e. The van der Waals surface area contributed by atoms with Crippen molar-refractivity contribution >= 4 is 5.91 Å². The zero-order chi connectivity index (χ0) is 19.7. The lowest BCUT2D eigenvalue weighted by atomic mass is 10.1. The van der Waals surface area contributed by atoms with Crippen molar-refractivity contribution in [1.29, 1.82) is 5.26 Å². The minimum atomic E-state index is -0.158. The summed E-state index contributed by atoms with van der Waals surface area (Å²) in [6.07, 6.45) is 4.98. The molecule has 0 atom stereocenters. The van der Waals surface area contributed by atoms with Crippen LogP contribution in [0.4, 0.5) is 0 Å². The van der Waals surface area contributed by atoms with E-state index in [9.17, 15) is 9.90 Å². The van der Waals surface area contributed by atoms with Crippen molar-refractivity contribution in [1.82, 2.24) is 20.1 Å². The Morgan fingerprint density at radius 3 is 2.75 bits per heavy atom. The largest absolute Gasteiger partial charge is 0.496 e. The lowest BCUT2D eigenvalue weighted by Crippen LogP contribution is -2.25. The lowest BCUT2D eigenvalue weighted by molar-refractivity contribution is 0.0950. The Morgan fingerprint density at radius 1 is 1.29 bits per heavy atom. The van der Waals surface area contributed by atoms with E-state index < -0.39 is 0 Å². The number of nitriles is 1. The van der Waals surface area contributed by atoms with E-state index in [1.807, 2.05) is 6.07 Å². The van der Waals surface area contributed by atoms with E-state index in [4.69, 9.17) is 10.00 Å². The molecule has 2 N–H and O–H groups in total. The van der Waals surface area contributed by atoms with Crippen LogP contribution in [0.15, 0.2) is 42.7 Å². The molecule has 1 fully saturated rings. The first-order valence-corrected chi connectivity index (χ1v) is 8.73. The van der Waals surface area contributed by atoms with Crippen molar-refractivity contribution in [3.05, 3.63) is 53.9 Å². The average Bonchev–Trinajstić information content (AvgIpc) is 3.47. The third-order valence-electron chi connectivity index (χ3n) is 4.50. The zero-order valence-electron chi connectivity index (χ0n) is 15.1. The van der Waals surface area contributed by atoms with Crippen molar-refractivity contribution in [2.75, 3.05) is 7.11 Å². The van der Waals surface area contributed by atoms with Crippen LogP contribution >= 0.6 is 0 Å². The molecule has 0 saturated heterocycles. The maximum absolute atomic E-state index is 12.1. The van der Waals surface area contributed by atoms with Gasteiger partial charge in [-0.1, -0.05) is 0 Å². The van der Waals surface area contributed by atoms with Gasteiger partial charge in [0, 0.05) is 17.8 Å². The summed E-state index contributed by atoms with van der Waals surface area (Å²) in [5, 5.41) is 26.8. The summed E-state index contributed by atoms with van der Waals surface area (Å²) in [7, 11) is 1.49. The number of amides is 1. The predicted molar refractivity (Wildman–Crippen MR) is 100 cm³/mol. The first-order valence-electron chi connectivity index (χ1n) is 8.73. The molecule has 1 aromatic carbocycles. The van der Waals surface area contributed by atoms with E-state index in [-0.39, 0.29) is 17.8 Å². The summed E-state index contributed by atoms with van der Waals surface area (Å²) in [5.41, 5.74) is 1.95. The quantitative estimate of drug-likeness (QED) is 0.708. The maximum Gasteiger partial charge on any atom is 0.253 e. The molecule has 0 spiro atoms. The molecule has 1 aliphatic carbocycles. The Labute approximate surface area is 161 Å². The highest BCUT2D eigenvalue weighted by molar-refractivity contribution is 5.94. The number of benzene rings is 1. The van der Waals surface area contributed by atoms with Gasteiger partial charge in [0.15, 0.2) is 5.82 Å². The summed E-state index contributed by atoms with van der Waals surface area (Å²) < 4.78 is 6.61. The van der Waals surface area contributed by atoms with E-state index in [0.29, 0.717) is 33.8 Å². The molecule has 1 saturated carbocycles. The number of rotatable bonds is 5. The molecule has 0 bridgehead atoms. The fraction of sp³-hybridized carbons (Fsp3) is 0.200. The van der Waals surface area contributed by atoms with Gasteiger partial charge in [-0.3, -0.25) is 4.79 Å². The fourth-order valence-corrected chi connectivity index (χ4v) is 2.82. The summed E-state index contributed by atoms with van der Waals surface area (Å²) in [6, 6.07) is 10.5. The standard InChI is InChI=1S/C20H17N5O3/c1-28-17-8-12(9-21)2-6-15(17)16-11-23-25(20(16)27)18-7-3-13(10-22-18)19(26)24-14-4-5-14/h2-3,6-8,10-11,14,27H,4-5H2,1H3,(H,24,26). The molecular formula is C20H17N5O3. The number of hydrogen-bond acceptors (Lipinski definition) is 6. The third kappa shape index (κ3) is 3.25. The summed E-state index contributed by atoms with van der Waals surface area (Å²) in [4.78, 5) is 16.3. The second-order valence-electron chi connectivity index (χ2n) is 6.47. The first-order chi connectivity index (χ1) is 13.6. The fourth-order valence-electron chi connectivity index (χ4n) is 2.82. The van der Waals surface area contributed by atoms with E-state index >= 15 is 0 Å². The van der Waals surface area contributed by atoms with Crippen molar-refractivity contribution < 1.29 is 14.6 Å². The predicted octanol–water partition coefficient (Wildman–Crippen LogP) is 2.41. The van der Waals surface area contributed by atoms with Gasteiger partial charge < -0.3 is 15.2 Å². The topological polar surface area (TPSA) is 113 Å². The minimum absolute atomic E-state index is 0.120. The molecule has 3 aromatic rings. The summed E-state index contributed by atoms with van der Waals surface area (Å²) >= 11 is 0. The van der Waals surface area contributed by atoms with Crippen molar-refractivity contribution in [2.24, 2.45) is 0 Å². The number of carbonyl (C=O) groups excluding carboxylic acids is 1. The molecule has 140 valence electrons. The lowest BCUT2D eigenvalue weighted by Gasteiger charge is -2.08. The normalized spacial score (nSPS) is 13.0. The number of nitrogens with one attached hydrogen (secondary N) is 1. The molecule has 4 rings (SSSR count). The van der Waals surface area contributed by atoms with Crippen LogP contribution in [0.1, 0.15) is 28.8 Å². The average molecular weight is 375 g/mol. The highest BCUT2D eigenvalue weighted by Gasteiger charge is 2.24. The van der Waals surface area contributed by atoms with Crippen LogP contribution in [0.3, 0.4) is 0 Å². The molecule has 8 nitrogen and oxygen atoms in total. The van der Waals surface area contributed by atoms with Crippen LogP contribution in [0, 0.1) is 11.3 Å². The van der Waals surface area contributed by atoms with Crippen LogP contribution in [-0.4, -0.2) is 38.9 Å². The number of ether oxygens (including phenoxy) is 1. The van der Waals surface area contributed by atoms with Gasteiger partial charge in [0.25, 0.3) is 5.91 Å². The van der Waals surface area contributed by atoms with Crippen LogP contribution in [0.25, 0.3) is 16.9 Å². The van der Waals surface area contributed by atoms with Gasteiger partial charge in [-0.15, -0.1) is 0 Å². The van der Waals surface area contributed by atoms with Gasteiger partial charge in [-0.2, -0.15) is 15.0 Å². The van der Waals surface area contributed by atoms with Gasteiger partial charge in [0.05, 0.1) is 36.1 Å². The van der Waals surface area contributed by atoms with Crippen molar-refractivity contribution in [3.8, 4) is 34.6 Å². The first kappa shape index (κ1) is 17.5. The van der Waals surface area contributed by atoms with E-state index in [1.54, 1.807) is 30.3 Å². The maximum atomic E-state index is 12.1. The van der Waals surface area contributed by atoms with Crippen molar-refractivity contribution in [2.45, 2.75) is 18.9 Å². The van der Waals surface area contributed by atoms with Gasteiger partial charge in [-0.05, 0) is 43.2 Å². The molecule has 8 heteroatoms. The summed E-state index contributed by atoms with van der Waals surface area (Å²) in [5.74, 6) is 0.549. The Bertz CT molecular complexity index is 1080. The third-order valence-corrected chi connectivity index (χ3v) is 4.50. The molecule has 0 aliphatic heterocycles. The van der Waals surface area contributed by atoms with E-state index in [0.717, 1.165) is 12.8 Å². The van der Waals surface area contributed by atoms with Gasteiger partial charge >= 0.3 is 0 Å². The number of aromatic hydroxyl groups is 1. The SMILES string of the molecule is COc1cc(C#N)ccc1-c1cnn(-c2ccc(C(=O)NC3CC3)cn2)c1O. The second kappa shape index (κ2) is 7.04. The highest BCUT2D eigenvalue weighted by atomic mass is 16.5. The second-order valence-corrected chi connectivity index (χ2v) is 6.47. The Hall–Kier alpha value is -3.86. The van der Waals surface area contributed by atoms with Crippen LogP contribution in [0.5, 0.6) is 11.6 Å². The van der Waals surface area contributed by atoms with Crippen LogP contribution < -0.4 is 10.1 Å². The molecule has 1 amide bonds. The van der Waals surface area contributed by atoms with E-state index in [1.165, 1.54) is 24.2 Å². The molecule has 0 radical (unpaired) electrons. The Balaban J connectivity index is 1.63. The number of methoxy groups -OCH3 is 1. The number of pyridine rings is 1. The number of aromatic nitrogens is 3. The van der Waals surface area contributed by atoms with Crippen LogP contribution in [0.2, 0.25) is 0 Å². The highest BCUT2D eigenvalue weighted by Crippen LogP contribution is 2.37. The molecule has 1 aliphatic rings. The van der Waals surface area contributed by atoms with Gasteiger partial charge in [-0.25, -0.2) is 4.98 Å². The Morgan fingerprint density at radius 2 is 2.11 bits per heavy atom. The van der Waals surface area contributed by atoms with E-state index in [2.05, 4.69) is 15.4 Å². The number of carbonyl (C=O) groups is 1. The zero-order valence-corrected chi connectivity index (χ0v) is 15.1. The molecule has 28 heavy (non-hydrogen) atoms. The molecule has 2 aromatic heterocycles. The number of hydrogen-bond donors (Lipinski definition) is 2. The smallest absolute Gasteiger partial charge is 0.253 e. The molecule has 2 heterocycles.